The highest BCUT2D eigenvalue weighted by Crippen LogP contribution is 2.20. The highest BCUT2D eigenvalue weighted by molar-refractivity contribution is 5.85. The zero-order valence-electron chi connectivity index (χ0n) is 12.3. The molecule has 2 unspecified atom stereocenters. The molecule has 4 nitrogen and oxygen atoms in total. The Balaban J connectivity index is 0.00000176. The molecule has 1 heterocycles. The van der Waals surface area contributed by atoms with E-state index < -0.39 is 6.10 Å². The van der Waals surface area contributed by atoms with E-state index in [1.165, 1.54) is 0 Å². The molecule has 22 heavy (non-hydrogen) atoms. The normalized spacial score (nSPS) is 18.7. The van der Waals surface area contributed by atoms with Crippen LogP contribution >= 0.6 is 12.4 Å². The van der Waals surface area contributed by atoms with Crippen molar-refractivity contribution >= 4 is 29.1 Å². The van der Waals surface area contributed by atoms with E-state index in [0.29, 0.717) is 0 Å². The SMILES string of the molecule is Cl.O=C(NCC(O)c1ccc2ccccc2c1)C1CCNC1. The van der Waals surface area contributed by atoms with Crippen molar-refractivity contribution < 1.29 is 9.90 Å². The van der Waals surface area contributed by atoms with Crippen LogP contribution in [-0.4, -0.2) is 30.6 Å². The summed E-state index contributed by atoms with van der Waals surface area (Å²) in [7, 11) is 0. The number of fused-ring (bicyclic) bond motifs is 1. The van der Waals surface area contributed by atoms with Crippen molar-refractivity contribution in [3.63, 3.8) is 0 Å². The molecule has 1 fully saturated rings. The molecule has 0 aromatic heterocycles. The zero-order chi connectivity index (χ0) is 14.7. The van der Waals surface area contributed by atoms with E-state index in [4.69, 9.17) is 0 Å². The Labute approximate surface area is 136 Å². The Bertz CT molecular complexity index is 641. The van der Waals surface area contributed by atoms with Crippen LogP contribution in [-0.2, 0) is 4.79 Å². The molecule has 0 radical (unpaired) electrons. The van der Waals surface area contributed by atoms with Gasteiger partial charge in [-0.05, 0) is 35.4 Å². The smallest absolute Gasteiger partial charge is 0.224 e. The fourth-order valence-corrected chi connectivity index (χ4v) is 2.75. The summed E-state index contributed by atoms with van der Waals surface area (Å²) in [5, 5.41) is 18.5. The standard InChI is InChI=1S/C17H20N2O2.ClH/c20-16(11-19-17(21)15-7-8-18-10-15)14-6-5-12-3-1-2-4-13(12)9-14;/h1-6,9,15-16,18,20H,7-8,10-11H2,(H,19,21);1H. The largest absolute Gasteiger partial charge is 0.387 e. The summed E-state index contributed by atoms with van der Waals surface area (Å²) in [6.07, 6.45) is 0.200. The summed E-state index contributed by atoms with van der Waals surface area (Å²) in [5.74, 6) is 0.0636. The van der Waals surface area contributed by atoms with Gasteiger partial charge in [0.25, 0.3) is 0 Å². The van der Waals surface area contributed by atoms with E-state index in [1.807, 2.05) is 42.5 Å². The van der Waals surface area contributed by atoms with Gasteiger partial charge in [-0.25, -0.2) is 0 Å². The topological polar surface area (TPSA) is 61.4 Å². The molecule has 1 amide bonds. The van der Waals surface area contributed by atoms with Crippen molar-refractivity contribution in [2.24, 2.45) is 5.92 Å². The highest BCUT2D eigenvalue weighted by atomic mass is 35.5. The molecule has 5 heteroatoms. The molecule has 2 atom stereocenters. The predicted molar refractivity (Wildman–Crippen MR) is 90.1 cm³/mol. The van der Waals surface area contributed by atoms with Crippen LogP contribution < -0.4 is 10.6 Å². The first-order chi connectivity index (χ1) is 10.2. The van der Waals surface area contributed by atoms with Gasteiger partial charge in [0.05, 0.1) is 12.0 Å². The number of rotatable bonds is 4. The molecule has 1 aliphatic heterocycles. The molecule has 0 bridgehead atoms. The second-order valence-electron chi connectivity index (χ2n) is 5.56. The Kier molecular flexibility index (Phi) is 5.77. The third kappa shape index (κ3) is 3.77. The Morgan fingerprint density at radius 1 is 1.27 bits per heavy atom. The summed E-state index contributed by atoms with van der Waals surface area (Å²) < 4.78 is 0. The quantitative estimate of drug-likeness (QED) is 0.807. The minimum absolute atomic E-state index is 0. The third-order valence-corrected chi connectivity index (χ3v) is 4.06. The first-order valence-corrected chi connectivity index (χ1v) is 7.39. The van der Waals surface area contributed by atoms with Crippen molar-refractivity contribution in [1.82, 2.24) is 10.6 Å². The van der Waals surface area contributed by atoms with E-state index in [1.54, 1.807) is 0 Å². The number of halogens is 1. The summed E-state index contributed by atoms with van der Waals surface area (Å²) in [6.45, 7) is 1.89. The maximum absolute atomic E-state index is 11.9. The van der Waals surface area contributed by atoms with Crippen molar-refractivity contribution in [3.8, 4) is 0 Å². The van der Waals surface area contributed by atoms with Crippen LogP contribution in [0, 0.1) is 5.92 Å². The molecular weight excluding hydrogens is 300 g/mol. The van der Waals surface area contributed by atoms with Gasteiger partial charge in [-0.15, -0.1) is 12.4 Å². The number of carbonyl (C=O) groups is 1. The molecule has 2 aromatic rings. The van der Waals surface area contributed by atoms with E-state index >= 15 is 0 Å². The lowest BCUT2D eigenvalue weighted by Gasteiger charge is -2.15. The van der Waals surface area contributed by atoms with Crippen LogP contribution in [0.3, 0.4) is 0 Å². The maximum atomic E-state index is 11.9. The lowest BCUT2D eigenvalue weighted by molar-refractivity contribution is -0.124. The third-order valence-electron chi connectivity index (χ3n) is 4.06. The van der Waals surface area contributed by atoms with Gasteiger partial charge in [-0.1, -0.05) is 36.4 Å². The molecule has 0 spiro atoms. The molecule has 0 saturated carbocycles. The van der Waals surface area contributed by atoms with Gasteiger partial charge < -0.3 is 15.7 Å². The van der Waals surface area contributed by atoms with Crippen molar-refractivity contribution in [2.75, 3.05) is 19.6 Å². The molecular formula is C17H21ClN2O2. The molecule has 118 valence electrons. The number of amides is 1. The second-order valence-corrected chi connectivity index (χ2v) is 5.56. The number of hydrogen-bond donors (Lipinski definition) is 3. The van der Waals surface area contributed by atoms with Crippen molar-refractivity contribution in [1.29, 1.82) is 0 Å². The number of hydrogen-bond acceptors (Lipinski definition) is 3. The van der Waals surface area contributed by atoms with Gasteiger partial charge >= 0.3 is 0 Å². The molecule has 3 rings (SSSR count). The summed E-state index contributed by atoms with van der Waals surface area (Å²) in [5.41, 5.74) is 0.832. The molecule has 3 N–H and O–H groups in total. The lowest BCUT2D eigenvalue weighted by Crippen LogP contribution is -2.34. The Morgan fingerprint density at radius 2 is 2.05 bits per heavy atom. The Morgan fingerprint density at radius 3 is 2.77 bits per heavy atom. The van der Waals surface area contributed by atoms with Gasteiger partial charge in [0.15, 0.2) is 0 Å². The minimum Gasteiger partial charge on any atom is -0.387 e. The van der Waals surface area contributed by atoms with E-state index in [0.717, 1.165) is 35.8 Å². The average molecular weight is 321 g/mol. The van der Waals surface area contributed by atoms with E-state index in [9.17, 15) is 9.90 Å². The fourth-order valence-electron chi connectivity index (χ4n) is 2.75. The minimum atomic E-state index is -0.673. The Hall–Kier alpha value is -1.62. The monoisotopic (exact) mass is 320 g/mol. The van der Waals surface area contributed by atoms with Gasteiger partial charge in [-0.3, -0.25) is 4.79 Å². The predicted octanol–water partition coefficient (Wildman–Crippen LogP) is 2.02. The first kappa shape index (κ1) is 16.7. The van der Waals surface area contributed by atoms with Gasteiger partial charge in [0, 0.05) is 13.1 Å². The number of nitrogens with one attached hydrogen (secondary N) is 2. The lowest BCUT2D eigenvalue weighted by atomic mass is 10.0. The summed E-state index contributed by atoms with van der Waals surface area (Å²) >= 11 is 0. The summed E-state index contributed by atoms with van der Waals surface area (Å²) in [4.78, 5) is 11.9. The van der Waals surface area contributed by atoms with E-state index in [2.05, 4.69) is 10.6 Å². The van der Waals surface area contributed by atoms with Crippen LogP contribution in [0.4, 0.5) is 0 Å². The van der Waals surface area contributed by atoms with Gasteiger partial charge in [0.2, 0.25) is 5.91 Å². The van der Waals surface area contributed by atoms with Crippen LogP contribution in [0.5, 0.6) is 0 Å². The molecule has 2 aromatic carbocycles. The molecule has 1 aliphatic rings. The van der Waals surface area contributed by atoms with Gasteiger partial charge in [0.1, 0.15) is 0 Å². The van der Waals surface area contributed by atoms with Crippen LogP contribution in [0.1, 0.15) is 18.1 Å². The highest BCUT2D eigenvalue weighted by Gasteiger charge is 2.22. The second kappa shape index (κ2) is 7.58. The van der Waals surface area contributed by atoms with Gasteiger partial charge in [-0.2, -0.15) is 0 Å². The molecule has 1 saturated heterocycles. The fraction of sp³-hybridized carbons (Fsp3) is 0.353. The molecule has 0 aliphatic carbocycles. The van der Waals surface area contributed by atoms with Crippen molar-refractivity contribution in [2.45, 2.75) is 12.5 Å². The first-order valence-electron chi connectivity index (χ1n) is 7.39. The number of carbonyl (C=O) groups excluding carboxylic acids is 1. The average Bonchev–Trinajstić information content (AvgIpc) is 3.06. The van der Waals surface area contributed by atoms with Crippen LogP contribution in [0.25, 0.3) is 10.8 Å². The van der Waals surface area contributed by atoms with Crippen molar-refractivity contribution in [3.05, 3.63) is 48.0 Å². The van der Waals surface area contributed by atoms with E-state index in [-0.39, 0.29) is 30.8 Å². The number of benzene rings is 2. The van der Waals surface area contributed by atoms with Crippen LogP contribution in [0.15, 0.2) is 42.5 Å². The van der Waals surface area contributed by atoms with Crippen LogP contribution in [0.2, 0.25) is 0 Å². The zero-order valence-corrected chi connectivity index (χ0v) is 13.1. The number of aliphatic hydroxyl groups is 1. The number of aliphatic hydroxyl groups excluding tert-OH is 1. The summed E-state index contributed by atoms with van der Waals surface area (Å²) in [6, 6.07) is 13.9. The maximum Gasteiger partial charge on any atom is 0.224 e.